The number of carbonyl (C=O) groups is 3. The SMILES string of the molecule is C=C1CSC2C(NC(=O)Cc3ccccc3)C(=O)N2C1C(=O)OCC(Cl)(Cl)Cl. The topological polar surface area (TPSA) is 75.7 Å². The van der Waals surface area contributed by atoms with Crippen molar-refractivity contribution in [2.24, 2.45) is 0 Å². The Morgan fingerprint density at radius 2 is 1.96 bits per heavy atom. The lowest BCUT2D eigenvalue weighted by molar-refractivity contribution is -0.163. The van der Waals surface area contributed by atoms with Crippen LogP contribution in [0.2, 0.25) is 0 Å². The van der Waals surface area contributed by atoms with Gasteiger partial charge in [0.25, 0.3) is 0 Å². The van der Waals surface area contributed by atoms with Gasteiger partial charge in [-0.05, 0) is 11.1 Å². The number of thioether (sulfide) groups is 1. The van der Waals surface area contributed by atoms with Gasteiger partial charge in [-0.1, -0.05) is 71.7 Å². The van der Waals surface area contributed by atoms with Crippen molar-refractivity contribution in [3.63, 3.8) is 0 Å². The first-order valence-electron chi connectivity index (χ1n) is 8.35. The third-order valence-electron chi connectivity index (χ3n) is 4.31. The molecule has 0 spiro atoms. The number of amides is 2. The van der Waals surface area contributed by atoms with Crippen LogP contribution < -0.4 is 5.32 Å². The third kappa shape index (κ3) is 4.76. The number of hydrogen-bond donors (Lipinski definition) is 1. The number of nitrogens with one attached hydrogen (secondary N) is 1. The number of fused-ring (bicyclic) bond motifs is 1. The summed E-state index contributed by atoms with van der Waals surface area (Å²) >= 11 is 18.2. The molecule has 1 aromatic rings. The fourth-order valence-electron chi connectivity index (χ4n) is 3.06. The normalized spacial score (nSPS) is 24.2. The van der Waals surface area contributed by atoms with Crippen LogP contribution in [0.5, 0.6) is 0 Å². The molecule has 28 heavy (non-hydrogen) atoms. The zero-order chi connectivity index (χ0) is 20.5. The van der Waals surface area contributed by atoms with Gasteiger partial charge in [0.15, 0.2) is 6.04 Å². The summed E-state index contributed by atoms with van der Waals surface area (Å²) in [4.78, 5) is 38.7. The Kier molecular flexibility index (Phi) is 6.49. The van der Waals surface area contributed by atoms with Crippen molar-refractivity contribution < 1.29 is 19.1 Å². The summed E-state index contributed by atoms with van der Waals surface area (Å²) in [5.41, 5.74) is 1.37. The Morgan fingerprint density at radius 3 is 2.61 bits per heavy atom. The van der Waals surface area contributed by atoms with Crippen LogP contribution in [0.3, 0.4) is 0 Å². The number of alkyl halides is 3. The van der Waals surface area contributed by atoms with Gasteiger partial charge >= 0.3 is 5.97 Å². The molecule has 2 fully saturated rings. The molecule has 0 saturated carbocycles. The second-order valence-electron chi connectivity index (χ2n) is 6.44. The van der Waals surface area contributed by atoms with E-state index in [1.807, 2.05) is 30.3 Å². The van der Waals surface area contributed by atoms with E-state index in [1.165, 1.54) is 16.7 Å². The first-order chi connectivity index (χ1) is 13.2. The second kappa shape index (κ2) is 8.53. The maximum absolute atomic E-state index is 12.6. The molecule has 0 aliphatic carbocycles. The van der Waals surface area contributed by atoms with Crippen LogP contribution in [0.25, 0.3) is 0 Å². The number of halogens is 3. The molecule has 3 rings (SSSR count). The summed E-state index contributed by atoms with van der Waals surface area (Å²) < 4.78 is 3.28. The van der Waals surface area contributed by atoms with Crippen LogP contribution >= 0.6 is 46.6 Å². The number of ether oxygens (including phenoxy) is 1. The smallest absolute Gasteiger partial charge is 0.333 e. The highest BCUT2D eigenvalue weighted by molar-refractivity contribution is 8.00. The van der Waals surface area contributed by atoms with Crippen LogP contribution in [0, 0.1) is 0 Å². The van der Waals surface area contributed by atoms with Crippen LogP contribution in [0.1, 0.15) is 5.56 Å². The molecule has 2 saturated heterocycles. The summed E-state index contributed by atoms with van der Waals surface area (Å²) in [5, 5.41) is 2.38. The Hall–Kier alpha value is -1.41. The summed E-state index contributed by atoms with van der Waals surface area (Å²) in [7, 11) is 0. The molecule has 1 N–H and O–H groups in total. The van der Waals surface area contributed by atoms with E-state index < -0.39 is 28.5 Å². The number of rotatable bonds is 5. The first-order valence-corrected chi connectivity index (χ1v) is 10.5. The fraction of sp³-hybridized carbons (Fsp3) is 0.389. The zero-order valence-electron chi connectivity index (χ0n) is 14.6. The highest BCUT2D eigenvalue weighted by atomic mass is 35.6. The molecule has 2 aliphatic rings. The summed E-state index contributed by atoms with van der Waals surface area (Å²) in [6, 6.07) is 7.58. The minimum atomic E-state index is -1.74. The van der Waals surface area contributed by atoms with Crippen LogP contribution in [-0.4, -0.2) is 56.3 Å². The quantitative estimate of drug-likeness (QED) is 0.314. The monoisotopic (exact) mass is 462 g/mol. The fourth-order valence-corrected chi connectivity index (χ4v) is 4.53. The van der Waals surface area contributed by atoms with Crippen molar-refractivity contribution in [2.45, 2.75) is 27.7 Å². The van der Waals surface area contributed by atoms with E-state index in [0.717, 1.165) is 5.56 Å². The molecule has 2 aliphatic heterocycles. The molecule has 3 unspecified atom stereocenters. The Bertz CT molecular complexity index is 800. The average molecular weight is 464 g/mol. The highest BCUT2D eigenvalue weighted by Gasteiger charge is 2.56. The predicted octanol–water partition coefficient (Wildman–Crippen LogP) is 2.47. The molecule has 0 radical (unpaired) electrons. The Morgan fingerprint density at radius 1 is 1.29 bits per heavy atom. The van der Waals surface area contributed by atoms with Crippen molar-refractivity contribution in [1.29, 1.82) is 0 Å². The average Bonchev–Trinajstić information content (AvgIpc) is 2.64. The van der Waals surface area contributed by atoms with E-state index in [2.05, 4.69) is 11.9 Å². The molecule has 2 heterocycles. The van der Waals surface area contributed by atoms with E-state index in [9.17, 15) is 14.4 Å². The zero-order valence-corrected chi connectivity index (χ0v) is 17.7. The molecule has 1 aromatic carbocycles. The van der Waals surface area contributed by atoms with Crippen molar-refractivity contribution >= 4 is 64.3 Å². The number of carbonyl (C=O) groups excluding carboxylic acids is 3. The predicted molar refractivity (Wildman–Crippen MR) is 109 cm³/mol. The molecule has 10 heteroatoms. The van der Waals surface area contributed by atoms with Crippen molar-refractivity contribution in [2.75, 3.05) is 12.4 Å². The lowest BCUT2D eigenvalue weighted by atomic mass is 9.98. The maximum atomic E-state index is 12.6. The molecule has 0 aromatic heterocycles. The molecule has 150 valence electrons. The number of esters is 1. The molecular formula is C18H17Cl3N2O4S. The lowest BCUT2D eigenvalue weighted by Crippen LogP contribution is -2.74. The molecule has 0 bridgehead atoms. The lowest BCUT2D eigenvalue weighted by Gasteiger charge is -2.52. The number of nitrogens with zero attached hydrogens (tertiary/aromatic N) is 1. The second-order valence-corrected chi connectivity index (χ2v) is 10.1. The van der Waals surface area contributed by atoms with Crippen LogP contribution in [0.15, 0.2) is 42.5 Å². The molecule has 2 amide bonds. The van der Waals surface area contributed by atoms with Crippen molar-refractivity contribution in [3.05, 3.63) is 48.0 Å². The van der Waals surface area contributed by atoms with Crippen LogP contribution in [0.4, 0.5) is 0 Å². The maximum Gasteiger partial charge on any atom is 0.333 e. The van der Waals surface area contributed by atoms with Gasteiger partial charge in [-0.3, -0.25) is 9.59 Å². The first kappa shape index (κ1) is 21.3. The summed E-state index contributed by atoms with van der Waals surface area (Å²) in [6.45, 7) is 3.42. The van der Waals surface area contributed by atoms with Gasteiger partial charge in [0, 0.05) is 5.75 Å². The van der Waals surface area contributed by atoms with Crippen LogP contribution in [-0.2, 0) is 25.5 Å². The van der Waals surface area contributed by atoms with Gasteiger partial charge in [-0.2, -0.15) is 0 Å². The van der Waals surface area contributed by atoms with E-state index in [4.69, 9.17) is 39.5 Å². The number of benzene rings is 1. The van der Waals surface area contributed by atoms with E-state index in [1.54, 1.807) is 0 Å². The summed E-state index contributed by atoms with van der Waals surface area (Å²) in [5.74, 6) is -0.878. The van der Waals surface area contributed by atoms with Gasteiger partial charge < -0.3 is 15.0 Å². The highest BCUT2D eigenvalue weighted by Crippen LogP contribution is 2.40. The van der Waals surface area contributed by atoms with Crippen molar-refractivity contribution in [3.8, 4) is 0 Å². The van der Waals surface area contributed by atoms with E-state index in [-0.39, 0.29) is 23.6 Å². The van der Waals surface area contributed by atoms with E-state index >= 15 is 0 Å². The van der Waals surface area contributed by atoms with E-state index in [0.29, 0.717) is 11.3 Å². The molecular weight excluding hydrogens is 447 g/mol. The van der Waals surface area contributed by atoms with Gasteiger partial charge in [0.05, 0.1) is 6.42 Å². The molecule has 6 nitrogen and oxygen atoms in total. The Labute approximate surface area is 181 Å². The largest absolute Gasteiger partial charge is 0.459 e. The minimum Gasteiger partial charge on any atom is -0.459 e. The minimum absolute atomic E-state index is 0.170. The van der Waals surface area contributed by atoms with Gasteiger partial charge in [0.2, 0.25) is 15.6 Å². The number of hydrogen-bond acceptors (Lipinski definition) is 5. The number of β-lactam (4-membered cyclic amide) rings is 1. The van der Waals surface area contributed by atoms with Gasteiger partial charge in [-0.15, -0.1) is 11.8 Å². The van der Waals surface area contributed by atoms with Gasteiger partial charge in [0.1, 0.15) is 18.0 Å². The molecule has 3 atom stereocenters. The Balaban J connectivity index is 1.62. The summed E-state index contributed by atoms with van der Waals surface area (Å²) in [6.07, 6.45) is 0.170. The third-order valence-corrected chi connectivity index (χ3v) is 6.02. The van der Waals surface area contributed by atoms with Crippen molar-refractivity contribution in [1.82, 2.24) is 10.2 Å². The standard InChI is InChI=1S/C18H17Cl3N2O4S/c1-10-8-28-16-13(22-12(24)7-11-5-3-2-4-6-11)15(25)23(16)14(10)17(26)27-9-18(19,20)21/h2-6,13-14,16H,1,7-9H2,(H,22,24). The van der Waals surface area contributed by atoms with Gasteiger partial charge in [-0.25, -0.2) is 4.79 Å².